The maximum Gasteiger partial charge on any atom is 0.251 e. The summed E-state index contributed by atoms with van der Waals surface area (Å²) in [6, 6.07) is 8.08. The average Bonchev–Trinajstić information content (AvgIpc) is 3.38. The van der Waals surface area contributed by atoms with Crippen LogP contribution in [0, 0.1) is 0 Å². The second kappa shape index (κ2) is 8.18. The second-order valence-corrected chi connectivity index (χ2v) is 8.00. The topological polar surface area (TPSA) is 57.3 Å². The van der Waals surface area contributed by atoms with Crippen LogP contribution in [0.1, 0.15) is 53.2 Å². The molecule has 2 N–H and O–H groups in total. The van der Waals surface area contributed by atoms with Crippen molar-refractivity contribution in [2.24, 2.45) is 0 Å². The Morgan fingerprint density at radius 2 is 2.04 bits per heavy atom. The minimum atomic E-state index is -0.0333. The highest BCUT2D eigenvalue weighted by Crippen LogP contribution is 2.25. The van der Waals surface area contributed by atoms with Crippen LogP contribution in [-0.4, -0.2) is 37.1 Å². The summed E-state index contributed by atoms with van der Waals surface area (Å²) in [5.41, 5.74) is 2.98. The van der Waals surface area contributed by atoms with Gasteiger partial charge in [-0.2, -0.15) is 0 Å². The number of benzene rings is 1. The first-order valence-corrected chi connectivity index (χ1v) is 10.5. The predicted molar refractivity (Wildman–Crippen MR) is 106 cm³/mol. The van der Waals surface area contributed by atoms with Crippen molar-refractivity contribution in [3.05, 3.63) is 46.5 Å². The van der Waals surface area contributed by atoms with E-state index in [0.29, 0.717) is 18.0 Å². The van der Waals surface area contributed by atoms with Gasteiger partial charge in [-0.05, 0) is 55.8 Å². The van der Waals surface area contributed by atoms with Crippen LogP contribution in [0.25, 0.3) is 0 Å². The van der Waals surface area contributed by atoms with E-state index >= 15 is 0 Å². The summed E-state index contributed by atoms with van der Waals surface area (Å²) in [5, 5.41) is 9.56. The van der Waals surface area contributed by atoms with E-state index in [1.54, 1.807) is 11.3 Å². The molecule has 1 aromatic heterocycles. The molecule has 0 unspecified atom stereocenters. The molecule has 1 amide bonds. The van der Waals surface area contributed by atoms with Gasteiger partial charge in [-0.1, -0.05) is 12.1 Å². The summed E-state index contributed by atoms with van der Waals surface area (Å²) >= 11 is 1.67. The van der Waals surface area contributed by atoms with Crippen molar-refractivity contribution in [1.82, 2.24) is 15.6 Å². The number of anilines is 1. The molecule has 0 bridgehead atoms. The highest BCUT2D eigenvalue weighted by molar-refractivity contribution is 7.13. The Morgan fingerprint density at radius 3 is 2.77 bits per heavy atom. The van der Waals surface area contributed by atoms with Crippen molar-refractivity contribution in [2.45, 2.75) is 38.1 Å². The Labute approximate surface area is 158 Å². The van der Waals surface area contributed by atoms with E-state index in [9.17, 15) is 4.79 Å². The van der Waals surface area contributed by atoms with Crippen LogP contribution in [0.5, 0.6) is 0 Å². The smallest absolute Gasteiger partial charge is 0.251 e. The minimum absolute atomic E-state index is 0.0333. The molecule has 2 saturated heterocycles. The molecule has 26 heavy (non-hydrogen) atoms. The number of piperidine rings is 1. The van der Waals surface area contributed by atoms with Crippen molar-refractivity contribution < 1.29 is 4.79 Å². The summed E-state index contributed by atoms with van der Waals surface area (Å²) in [6.45, 7) is 4.84. The Hall–Kier alpha value is -1.92. The predicted octanol–water partition coefficient (Wildman–Crippen LogP) is 3.14. The molecule has 1 atom stereocenters. The van der Waals surface area contributed by atoms with Gasteiger partial charge in [-0.3, -0.25) is 4.79 Å². The van der Waals surface area contributed by atoms with Gasteiger partial charge in [0.2, 0.25) is 0 Å². The van der Waals surface area contributed by atoms with Gasteiger partial charge in [0.25, 0.3) is 5.91 Å². The minimum Gasteiger partial charge on any atom is -0.348 e. The van der Waals surface area contributed by atoms with Gasteiger partial charge in [-0.15, -0.1) is 11.3 Å². The zero-order valence-corrected chi connectivity index (χ0v) is 15.9. The van der Waals surface area contributed by atoms with E-state index in [4.69, 9.17) is 0 Å². The maximum absolute atomic E-state index is 12.4. The number of rotatable bonds is 5. The van der Waals surface area contributed by atoms with Crippen LogP contribution in [-0.2, 0) is 6.54 Å². The molecule has 0 spiro atoms. The molecule has 0 radical (unpaired) electrons. The second-order valence-electron chi connectivity index (χ2n) is 7.16. The van der Waals surface area contributed by atoms with Crippen LogP contribution in [0.2, 0.25) is 0 Å². The number of amides is 1. The van der Waals surface area contributed by atoms with Crippen molar-refractivity contribution in [1.29, 1.82) is 0 Å². The molecule has 0 saturated carbocycles. The van der Waals surface area contributed by atoms with E-state index in [1.165, 1.54) is 31.2 Å². The molecule has 1 aromatic carbocycles. The van der Waals surface area contributed by atoms with Crippen molar-refractivity contribution in [3.8, 4) is 0 Å². The molecule has 6 heteroatoms. The number of carbonyl (C=O) groups is 1. The summed E-state index contributed by atoms with van der Waals surface area (Å²) in [6.07, 6.45) is 4.94. The molecule has 4 rings (SSSR count). The first-order valence-electron chi connectivity index (χ1n) is 9.58. The van der Waals surface area contributed by atoms with Crippen LogP contribution in [0.4, 0.5) is 5.13 Å². The van der Waals surface area contributed by atoms with Gasteiger partial charge in [0.15, 0.2) is 5.13 Å². The zero-order valence-electron chi connectivity index (χ0n) is 15.0. The van der Waals surface area contributed by atoms with Crippen LogP contribution < -0.4 is 15.5 Å². The molecule has 138 valence electrons. The highest BCUT2D eigenvalue weighted by atomic mass is 32.1. The molecular weight excluding hydrogens is 344 g/mol. The molecule has 0 aliphatic carbocycles. The normalized spacial score (nSPS) is 20.3. The van der Waals surface area contributed by atoms with Crippen LogP contribution in [0.15, 0.2) is 29.6 Å². The third-order valence-corrected chi connectivity index (χ3v) is 6.24. The highest BCUT2D eigenvalue weighted by Gasteiger charge is 2.17. The van der Waals surface area contributed by atoms with E-state index in [1.807, 2.05) is 17.5 Å². The lowest BCUT2D eigenvalue weighted by Gasteiger charge is -2.23. The number of hydrogen-bond donors (Lipinski definition) is 2. The Kier molecular flexibility index (Phi) is 5.51. The maximum atomic E-state index is 12.4. The molecule has 2 aliphatic heterocycles. The lowest BCUT2D eigenvalue weighted by molar-refractivity contribution is 0.0950. The first-order chi connectivity index (χ1) is 12.8. The summed E-state index contributed by atoms with van der Waals surface area (Å²) in [7, 11) is 0. The third kappa shape index (κ3) is 4.07. The summed E-state index contributed by atoms with van der Waals surface area (Å²) < 4.78 is 0. The number of nitrogens with one attached hydrogen (secondary N) is 2. The Balaban J connectivity index is 1.31. The Morgan fingerprint density at radius 1 is 1.23 bits per heavy atom. The summed E-state index contributed by atoms with van der Waals surface area (Å²) in [5.74, 6) is 0.536. The fourth-order valence-corrected chi connectivity index (χ4v) is 4.63. The Bertz CT molecular complexity index is 731. The molecule has 2 aliphatic rings. The van der Waals surface area contributed by atoms with Gasteiger partial charge >= 0.3 is 0 Å². The van der Waals surface area contributed by atoms with Gasteiger partial charge in [-0.25, -0.2) is 4.98 Å². The van der Waals surface area contributed by atoms with Crippen molar-refractivity contribution in [3.63, 3.8) is 0 Å². The SMILES string of the molecule is O=C(NCc1csc(N2CCCC2)n1)c1ccc([C@H]2CCCNC2)cc1. The van der Waals surface area contributed by atoms with E-state index in [-0.39, 0.29) is 5.91 Å². The molecule has 3 heterocycles. The van der Waals surface area contributed by atoms with Crippen molar-refractivity contribution in [2.75, 3.05) is 31.1 Å². The molecule has 2 fully saturated rings. The largest absolute Gasteiger partial charge is 0.348 e. The van der Waals surface area contributed by atoms with Crippen molar-refractivity contribution >= 4 is 22.4 Å². The fourth-order valence-electron chi connectivity index (χ4n) is 3.75. The van der Waals surface area contributed by atoms with Crippen LogP contribution in [0.3, 0.4) is 0 Å². The molecular formula is C20H26N4OS. The van der Waals surface area contributed by atoms with E-state index in [0.717, 1.165) is 37.0 Å². The lowest BCUT2D eigenvalue weighted by Crippen LogP contribution is -2.28. The lowest BCUT2D eigenvalue weighted by atomic mass is 9.91. The van der Waals surface area contributed by atoms with E-state index < -0.39 is 0 Å². The number of hydrogen-bond acceptors (Lipinski definition) is 5. The van der Waals surface area contributed by atoms with Crippen LogP contribution >= 0.6 is 11.3 Å². The standard InChI is InChI=1S/C20H26N4OS/c25-19(16-7-5-15(6-8-16)17-4-3-9-21-12-17)22-13-18-14-26-20(23-18)24-10-1-2-11-24/h5-8,14,17,21H,1-4,9-13H2,(H,22,25)/t17-/m0/s1. The quantitative estimate of drug-likeness (QED) is 0.849. The van der Waals surface area contributed by atoms with Gasteiger partial charge in [0, 0.05) is 30.6 Å². The first kappa shape index (κ1) is 17.5. The number of aromatic nitrogens is 1. The number of thiazole rings is 1. The van der Waals surface area contributed by atoms with Gasteiger partial charge in [0.1, 0.15) is 0 Å². The van der Waals surface area contributed by atoms with Gasteiger partial charge in [0.05, 0.1) is 12.2 Å². The average molecular weight is 371 g/mol. The fraction of sp³-hybridized carbons (Fsp3) is 0.500. The van der Waals surface area contributed by atoms with E-state index in [2.05, 4.69) is 32.7 Å². The third-order valence-electron chi connectivity index (χ3n) is 5.29. The zero-order chi connectivity index (χ0) is 17.8. The molecule has 5 nitrogen and oxygen atoms in total. The molecule has 2 aromatic rings. The summed E-state index contributed by atoms with van der Waals surface area (Å²) in [4.78, 5) is 19.4. The number of carbonyl (C=O) groups excluding carboxylic acids is 1. The monoisotopic (exact) mass is 370 g/mol. The van der Waals surface area contributed by atoms with Gasteiger partial charge < -0.3 is 15.5 Å². The number of nitrogens with zero attached hydrogens (tertiary/aromatic N) is 2.